The van der Waals surface area contributed by atoms with Crippen molar-refractivity contribution in [2.24, 2.45) is 0 Å². The van der Waals surface area contributed by atoms with Gasteiger partial charge in [-0.15, -0.1) is 11.3 Å². The summed E-state index contributed by atoms with van der Waals surface area (Å²) in [5, 5.41) is 3.67. The molecule has 2 aromatic rings. The third-order valence-corrected chi connectivity index (χ3v) is 5.94. The van der Waals surface area contributed by atoms with E-state index in [0.29, 0.717) is 18.0 Å². The second-order valence-electron chi connectivity index (χ2n) is 6.07. The Kier molecular flexibility index (Phi) is 5.06. The molecule has 0 saturated heterocycles. The zero-order chi connectivity index (χ0) is 16.4. The molecule has 0 atom stereocenters. The summed E-state index contributed by atoms with van der Waals surface area (Å²) in [5.74, 6) is 2.13. The second kappa shape index (κ2) is 7.05. The molecule has 3 rings (SSSR count). The number of rotatable bonds is 6. The first-order valence-electron chi connectivity index (χ1n) is 7.95. The lowest BCUT2D eigenvalue weighted by Gasteiger charge is -2.07. The lowest BCUT2D eigenvalue weighted by atomic mass is 10.2. The van der Waals surface area contributed by atoms with Crippen LogP contribution in [0.1, 0.15) is 43.0 Å². The van der Waals surface area contributed by atoms with E-state index in [4.69, 9.17) is 0 Å². The van der Waals surface area contributed by atoms with Crippen molar-refractivity contribution < 1.29 is 4.79 Å². The highest BCUT2D eigenvalue weighted by molar-refractivity contribution is 7.98. The molecule has 1 aliphatic rings. The Hall–Kier alpha value is -1.34. The fourth-order valence-electron chi connectivity index (χ4n) is 2.84. The maximum Gasteiger partial charge on any atom is 0.259 e. The van der Waals surface area contributed by atoms with Crippen LogP contribution in [0, 0.1) is 0 Å². The fraction of sp³-hybridized carbons (Fsp3) is 0.562. The lowest BCUT2D eigenvalue weighted by Crippen LogP contribution is -2.30. The highest BCUT2D eigenvalue weighted by Crippen LogP contribution is 2.34. The van der Waals surface area contributed by atoms with Gasteiger partial charge >= 0.3 is 0 Å². The highest BCUT2D eigenvalue weighted by Gasteiger charge is 2.20. The number of aromatic amines is 1. The van der Waals surface area contributed by atoms with Gasteiger partial charge in [0.25, 0.3) is 5.56 Å². The van der Waals surface area contributed by atoms with E-state index < -0.39 is 0 Å². The fourth-order valence-corrected chi connectivity index (χ4v) is 4.93. The van der Waals surface area contributed by atoms with Crippen LogP contribution >= 0.6 is 23.1 Å². The van der Waals surface area contributed by atoms with Gasteiger partial charge in [-0.05, 0) is 38.7 Å². The van der Waals surface area contributed by atoms with E-state index in [2.05, 4.69) is 15.3 Å². The number of aromatic nitrogens is 2. The van der Waals surface area contributed by atoms with E-state index >= 15 is 0 Å². The Bertz CT molecular complexity index is 779. The molecule has 0 aromatic carbocycles. The molecule has 2 heterocycles. The summed E-state index contributed by atoms with van der Waals surface area (Å²) in [7, 11) is 0. The molecular formula is C16H21N3O2S2. The first-order valence-corrected chi connectivity index (χ1v) is 9.92. The topological polar surface area (TPSA) is 74.8 Å². The first kappa shape index (κ1) is 16.5. The molecule has 23 heavy (non-hydrogen) atoms. The summed E-state index contributed by atoms with van der Waals surface area (Å²) in [4.78, 5) is 33.6. The van der Waals surface area contributed by atoms with Gasteiger partial charge in [0, 0.05) is 23.1 Å². The number of carbonyl (C=O) groups is 1. The summed E-state index contributed by atoms with van der Waals surface area (Å²) < 4.78 is 0. The van der Waals surface area contributed by atoms with Crippen LogP contribution in [-0.2, 0) is 23.4 Å². The smallest absolute Gasteiger partial charge is 0.259 e. The molecular weight excluding hydrogens is 330 g/mol. The molecule has 124 valence electrons. The van der Waals surface area contributed by atoms with Gasteiger partial charge in [-0.3, -0.25) is 9.59 Å². The Balaban J connectivity index is 1.61. The van der Waals surface area contributed by atoms with Crippen molar-refractivity contribution in [3.63, 3.8) is 0 Å². The molecule has 7 heteroatoms. The van der Waals surface area contributed by atoms with Crippen molar-refractivity contribution in [3.05, 3.63) is 26.6 Å². The minimum absolute atomic E-state index is 0.0115. The van der Waals surface area contributed by atoms with Crippen molar-refractivity contribution >= 4 is 39.2 Å². The van der Waals surface area contributed by atoms with E-state index in [-0.39, 0.29) is 17.5 Å². The highest BCUT2D eigenvalue weighted by atomic mass is 32.2. The van der Waals surface area contributed by atoms with Gasteiger partial charge < -0.3 is 10.3 Å². The summed E-state index contributed by atoms with van der Waals surface area (Å²) in [6.45, 7) is 3.90. The Morgan fingerprint density at radius 1 is 1.43 bits per heavy atom. The van der Waals surface area contributed by atoms with Crippen molar-refractivity contribution in [2.45, 2.75) is 51.3 Å². The number of amides is 1. The molecule has 2 aromatic heterocycles. The van der Waals surface area contributed by atoms with Crippen molar-refractivity contribution in [1.29, 1.82) is 0 Å². The molecule has 0 aliphatic heterocycles. The van der Waals surface area contributed by atoms with Crippen LogP contribution in [0.25, 0.3) is 10.2 Å². The quantitative estimate of drug-likeness (QED) is 0.785. The van der Waals surface area contributed by atoms with Crippen molar-refractivity contribution in [3.8, 4) is 0 Å². The van der Waals surface area contributed by atoms with E-state index in [9.17, 15) is 9.59 Å². The van der Waals surface area contributed by atoms with Crippen LogP contribution in [0.5, 0.6) is 0 Å². The average Bonchev–Trinajstić information content (AvgIpc) is 3.02. The molecule has 0 bridgehead atoms. The molecule has 1 aliphatic carbocycles. The maximum absolute atomic E-state index is 12.3. The minimum atomic E-state index is -0.0115. The number of carbonyl (C=O) groups excluding carboxylic acids is 1. The van der Waals surface area contributed by atoms with Gasteiger partial charge in [0.1, 0.15) is 10.7 Å². The molecule has 0 radical (unpaired) electrons. The van der Waals surface area contributed by atoms with Gasteiger partial charge in [0.15, 0.2) is 0 Å². The summed E-state index contributed by atoms with van der Waals surface area (Å²) in [5.41, 5.74) is 1.20. The van der Waals surface area contributed by atoms with E-state index in [1.165, 1.54) is 10.4 Å². The van der Waals surface area contributed by atoms with E-state index in [1.807, 2.05) is 13.8 Å². The van der Waals surface area contributed by atoms with Crippen LogP contribution in [0.15, 0.2) is 4.79 Å². The zero-order valence-corrected chi connectivity index (χ0v) is 15.0. The standard InChI is InChI=1S/C16H21N3O2S2/c1-9(2)17-13(20)6-7-22-8-12-18-15(21)14-10-4-3-5-11(10)23-16(14)19-12/h9H,3-8H2,1-2H3,(H,17,20)(H,18,19,21). The van der Waals surface area contributed by atoms with Crippen LogP contribution in [0.2, 0.25) is 0 Å². The van der Waals surface area contributed by atoms with Gasteiger partial charge in [-0.25, -0.2) is 4.98 Å². The third-order valence-electron chi connectivity index (χ3n) is 3.79. The predicted octanol–water partition coefficient (Wildman–Crippen LogP) is 2.62. The number of fused-ring (bicyclic) bond motifs is 3. The largest absolute Gasteiger partial charge is 0.354 e. The number of aryl methyl sites for hydroxylation is 2. The molecule has 1 amide bonds. The number of nitrogens with zero attached hydrogens (tertiary/aromatic N) is 1. The molecule has 0 saturated carbocycles. The van der Waals surface area contributed by atoms with Crippen LogP contribution in [0.3, 0.4) is 0 Å². The number of H-pyrrole nitrogens is 1. The van der Waals surface area contributed by atoms with Crippen molar-refractivity contribution in [2.75, 3.05) is 5.75 Å². The molecule has 5 nitrogen and oxygen atoms in total. The molecule has 2 N–H and O–H groups in total. The normalized spacial score (nSPS) is 13.7. The predicted molar refractivity (Wildman–Crippen MR) is 96.3 cm³/mol. The van der Waals surface area contributed by atoms with Crippen molar-refractivity contribution in [1.82, 2.24) is 15.3 Å². The van der Waals surface area contributed by atoms with Gasteiger partial charge in [0.05, 0.1) is 11.1 Å². The number of nitrogens with one attached hydrogen (secondary N) is 2. The first-order chi connectivity index (χ1) is 11.0. The van der Waals surface area contributed by atoms with Gasteiger partial charge in [0.2, 0.25) is 5.91 Å². The second-order valence-corrected chi connectivity index (χ2v) is 8.26. The van der Waals surface area contributed by atoms with E-state index in [0.717, 1.165) is 35.2 Å². The van der Waals surface area contributed by atoms with Gasteiger partial charge in [-0.2, -0.15) is 11.8 Å². The van der Waals surface area contributed by atoms with Crippen LogP contribution in [0.4, 0.5) is 0 Å². The van der Waals surface area contributed by atoms with Crippen LogP contribution < -0.4 is 10.9 Å². The number of thiophene rings is 1. The summed E-state index contributed by atoms with van der Waals surface area (Å²) in [6.07, 6.45) is 3.71. The monoisotopic (exact) mass is 351 g/mol. The SMILES string of the molecule is CC(C)NC(=O)CCSCc1nc2sc3c(c2c(=O)[nH]1)CCC3. The summed E-state index contributed by atoms with van der Waals surface area (Å²) in [6, 6.07) is 0.175. The Labute approximate surface area is 143 Å². The summed E-state index contributed by atoms with van der Waals surface area (Å²) >= 11 is 3.28. The van der Waals surface area contributed by atoms with Crippen LogP contribution in [-0.4, -0.2) is 27.7 Å². The molecule has 0 unspecified atom stereocenters. The molecule has 0 spiro atoms. The Morgan fingerprint density at radius 2 is 2.26 bits per heavy atom. The van der Waals surface area contributed by atoms with Gasteiger partial charge in [-0.1, -0.05) is 0 Å². The third kappa shape index (κ3) is 3.77. The molecule has 0 fully saturated rings. The average molecular weight is 351 g/mol. The minimum Gasteiger partial charge on any atom is -0.354 e. The number of hydrogen-bond donors (Lipinski definition) is 2. The maximum atomic E-state index is 12.3. The number of thioether (sulfide) groups is 1. The zero-order valence-electron chi connectivity index (χ0n) is 13.4. The van der Waals surface area contributed by atoms with E-state index in [1.54, 1.807) is 23.1 Å². The lowest BCUT2D eigenvalue weighted by molar-refractivity contribution is -0.121. The number of hydrogen-bond acceptors (Lipinski definition) is 5. The Morgan fingerprint density at radius 3 is 3.04 bits per heavy atom.